The number of nitro groups is 1. The predicted molar refractivity (Wildman–Crippen MR) is 177 cm³/mol. The highest BCUT2D eigenvalue weighted by atomic mass is 32.2. The number of carbonyl (C=O) groups is 3. The van der Waals surface area contributed by atoms with Crippen LogP contribution in [0.3, 0.4) is 0 Å². The van der Waals surface area contributed by atoms with Crippen LogP contribution in [0.5, 0.6) is 11.5 Å². The maximum atomic E-state index is 13.8. The lowest BCUT2D eigenvalue weighted by molar-refractivity contribution is -0.384. The van der Waals surface area contributed by atoms with Crippen LogP contribution in [0.25, 0.3) is 0 Å². The molecule has 0 aromatic heterocycles. The Hall–Kier alpha value is -4.91. The van der Waals surface area contributed by atoms with E-state index in [1.165, 1.54) is 6.07 Å². The molecule has 0 saturated heterocycles. The number of likely N-dealkylation sites (N-methyl/N-ethyl adjacent to an activating group) is 1. The number of nitrogens with zero attached hydrogens (tertiary/aromatic N) is 2. The number of nitrogens with one attached hydrogen (secondary N) is 3. The van der Waals surface area contributed by atoms with Crippen LogP contribution in [0.2, 0.25) is 0 Å². The van der Waals surface area contributed by atoms with Gasteiger partial charge in [-0.15, -0.1) is 0 Å². The summed E-state index contributed by atoms with van der Waals surface area (Å²) in [5.41, 5.74) is 0.725. The largest absolute Gasteiger partial charge is 0.486 e. The van der Waals surface area contributed by atoms with E-state index in [0.29, 0.717) is 22.6 Å². The molecular formula is C32H35N5O11S2. The number of nitro benzene ring substituents is 1. The topological polar surface area (TPSA) is 220 Å². The molecule has 3 aromatic carbocycles. The summed E-state index contributed by atoms with van der Waals surface area (Å²) in [5.74, 6) is -2.11. The van der Waals surface area contributed by atoms with Crippen molar-refractivity contribution in [3.8, 4) is 11.5 Å². The molecule has 0 radical (unpaired) electrons. The average molecular weight is 730 g/mol. The number of ether oxygens (including phenoxy) is 2. The fourth-order valence-electron chi connectivity index (χ4n) is 5.63. The van der Waals surface area contributed by atoms with E-state index < -0.39 is 54.7 Å². The van der Waals surface area contributed by atoms with Gasteiger partial charge >= 0.3 is 0 Å². The highest BCUT2D eigenvalue weighted by Crippen LogP contribution is 2.39. The van der Waals surface area contributed by atoms with Crippen LogP contribution in [0.15, 0.2) is 76.5 Å². The minimum absolute atomic E-state index is 0.000951. The minimum atomic E-state index is -4.15. The van der Waals surface area contributed by atoms with Gasteiger partial charge in [0.2, 0.25) is 31.7 Å². The molecule has 0 bridgehead atoms. The standard InChI is InChI=1S/C32H35N5O11S2/c1-2-36-26(18-22-19-27-28(48-16-15-47-27)20-29(22)50(36,45)46)31(39)35-25(17-21-7-4-3-5-8-21)30(38)32(40)33-13-6-14-34-49(43,44)24-11-9-23(10-12-24)37(41)42/h3-5,7-12,19-20,25-26,34H,2,6,13-18H2,1H3,(H,33,40)(H,35,39)/t25-,26?/m0/s1. The second kappa shape index (κ2) is 15.3. The average Bonchev–Trinajstić information content (AvgIpc) is 3.10. The molecule has 1 unspecified atom stereocenters. The minimum Gasteiger partial charge on any atom is -0.486 e. The Labute approximate surface area is 288 Å². The lowest BCUT2D eigenvalue weighted by atomic mass is 9.99. The summed E-state index contributed by atoms with van der Waals surface area (Å²) in [5, 5.41) is 15.9. The number of ketones is 1. The van der Waals surface area contributed by atoms with Crippen LogP contribution >= 0.6 is 0 Å². The van der Waals surface area contributed by atoms with Gasteiger partial charge < -0.3 is 20.1 Å². The Morgan fingerprint density at radius 2 is 1.66 bits per heavy atom. The molecule has 2 atom stereocenters. The van der Waals surface area contributed by atoms with Gasteiger partial charge in [-0.3, -0.25) is 24.5 Å². The van der Waals surface area contributed by atoms with Crippen LogP contribution in [0.4, 0.5) is 5.69 Å². The number of rotatable bonds is 14. The highest BCUT2D eigenvalue weighted by molar-refractivity contribution is 7.89. The van der Waals surface area contributed by atoms with Gasteiger partial charge in [0.15, 0.2) is 11.5 Å². The van der Waals surface area contributed by atoms with Gasteiger partial charge in [0.25, 0.3) is 11.6 Å². The van der Waals surface area contributed by atoms with Gasteiger partial charge in [0.1, 0.15) is 25.3 Å². The van der Waals surface area contributed by atoms with Crippen molar-refractivity contribution in [1.82, 2.24) is 19.7 Å². The summed E-state index contributed by atoms with van der Waals surface area (Å²) >= 11 is 0. The van der Waals surface area contributed by atoms with Gasteiger partial charge in [-0.05, 0) is 42.2 Å². The van der Waals surface area contributed by atoms with E-state index in [1.807, 2.05) is 0 Å². The summed E-state index contributed by atoms with van der Waals surface area (Å²) in [7, 11) is -8.14. The zero-order valence-corrected chi connectivity index (χ0v) is 28.5. The second-order valence-corrected chi connectivity index (χ2v) is 15.0. The van der Waals surface area contributed by atoms with E-state index in [2.05, 4.69) is 15.4 Å². The van der Waals surface area contributed by atoms with Crippen molar-refractivity contribution in [3.63, 3.8) is 0 Å². The third-order valence-corrected chi connectivity index (χ3v) is 11.7. The summed E-state index contributed by atoms with van der Waals surface area (Å²) in [4.78, 5) is 50.2. The first kappa shape index (κ1) is 36.4. The molecule has 266 valence electrons. The molecule has 0 spiro atoms. The number of carbonyl (C=O) groups excluding carboxylic acids is 3. The fourth-order valence-corrected chi connectivity index (χ4v) is 8.53. The Balaban J connectivity index is 1.24. The second-order valence-electron chi connectivity index (χ2n) is 11.4. The number of non-ortho nitro benzene ring substituents is 1. The van der Waals surface area contributed by atoms with Crippen molar-refractivity contribution in [1.29, 1.82) is 0 Å². The number of Topliss-reactive ketones (excluding diaryl/α,β-unsaturated/α-hetero) is 1. The molecule has 16 nitrogen and oxygen atoms in total. The zero-order valence-electron chi connectivity index (χ0n) is 26.9. The molecule has 2 aliphatic heterocycles. The van der Waals surface area contributed by atoms with Gasteiger partial charge in [0, 0.05) is 44.3 Å². The molecule has 2 aliphatic rings. The summed E-state index contributed by atoms with van der Waals surface area (Å²) in [6.07, 6.45) is 0.0119. The third kappa shape index (κ3) is 8.10. The van der Waals surface area contributed by atoms with E-state index >= 15 is 0 Å². The zero-order chi connectivity index (χ0) is 36.1. The molecule has 0 aliphatic carbocycles. The number of hydrogen-bond acceptors (Lipinski definition) is 11. The molecule has 18 heteroatoms. The number of fused-ring (bicyclic) bond motifs is 2. The first-order valence-corrected chi connectivity index (χ1v) is 18.6. The summed E-state index contributed by atoms with van der Waals surface area (Å²) in [6.45, 7) is 1.88. The fraction of sp³-hybridized carbons (Fsp3) is 0.344. The normalized spacial score (nSPS) is 17.2. The summed E-state index contributed by atoms with van der Waals surface area (Å²) < 4.78 is 66.9. The van der Waals surface area contributed by atoms with Gasteiger partial charge in [-0.1, -0.05) is 37.3 Å². The third-order valence-electron chi connectivity index (χ3n) is 8.12. The molecular weight excluding hydrogens is 695 g/mol. The van der Waals surface area contributed by atoms with Crippen LogP contribution in [0, 0.1) is 10.1 Å². The van der Waals surface area contributed by atoms with Crippen LogP contribution in [0.1, 0.15) is 24.5 Å². The molecule has 2 amide bonds. The van der Waals surface area contributed by atoms with E-state index in [0.717, 1.165) is 28.6 Å². The van der Waals surface area contributed by atoms with Gasteiger partial charge in [-0.2, -0.15) is 4.31 Å². The van der Waals surface area contributed by atoms with Gasteiger partial charge in [-0.25, -0.2) is 21.6 Å². The molecule has 5 rings (SSSR count). The smallest absolute Gasteiger partial charge is 0.289 e. The molecule has 0 saturated carbocycles. The number of benzene rings is 3. The van der Waals surface area contributed by atoms with Crippen molar-refractivity contribution in [2.24, 2.45) is 0 Å². The van der Waals surface area contributed by atoms with E-state index in [-0.39, 0.29) is 67.6 Å². The monoisotopic (exact) mass is 729 g/mol. The quantitative estimate of drug-likeness (QED) is 0.0923. The molecule has 3 N–H and O–H groups in total. The van der Waals surface area contributed by atoms with Crippen LogP contribution in [-0.2, 0) is 47.3 Å². The van der Waals surface area contributed by atoms with Gasteiger partial charge in [0.05, 0.1) is 14.7 Å². The van der Waals surface area contributed by atoms with E-state index in [4.69, 9.17) is 9.47 Å². The van der Waals surface area contributed by atoms with Crippen molar-refractivity contribution in [3.05, 3.63) is 88.0 Å². The summed E-state index contributed by atoms with van der Waals surface area (Å²) in [6, 6.07) is 13.3. The molecule has 2 heterocycles. The van der Waals surface area contributed by atoms with E-state index in [9.17, 15) is 41.3 Å². The molecule has 50 heavy (non-hydrogen) atoms. The number of hydrogen-bond donors (Lipinski definition) is 3. The van der Waals surface area contributed by atoms with Crippen molar-refractivity contribution >= 4 is 43.3 Å². The maximum Gasteiger partial charge on any atom is 0.289 e. The maximum absolute atomic E-state index is 13.8. The lowest BCUT2D eigenvalue weighted by Gasteiger charge is -2.35. The Kier molecular flexibility index (Phi) is 11.1. The molecule has 0 fully saturated rings. The Morgan fingerprint density at radius 1 is 1.00 bits per heavy atom. The Morgan fingerprint density at radius 3 is 2.30 bits per heavy atom. The van der Waals surface area contributed by atoms with Crippen molar-refractivity contribution < 1.29 is 45.6 Å². The highest BCUT2D eigenvalue weighted by Gasteiger charge is 2.43. The van der Waals surface area contributed by atoms with E-state index in [1.54, 1.807) is 43.3 Å². The first-order valence-electron chi connectivity index (χ1n) is 15.7. The first-order chi connectivity index (χ1) is 23.8. The molecule has 3 aromatic rings. The van der Waals surface area contributed by atoms with Crippen LogP contribution in [-0.4, -0.2) is 88.6 Å². The predicted octanol–water partition coefficient (Wildman–Crippen LogP) is 1.08. The van der Waals surface area contributed by atoms with Crippen LogP contribution < -0.4 is 24.8 Å². The Bertz CT molecular complexity index is 1990. The van der Waals surface area contributed by atoms with Crippen molar-refractivity contribution in [2.45, 2.75) is 48.1 Å². The van der Waals surface area contributed by atoms with Crippen molar-refractivity contribution in [2.75, 3.05) is 32.8 Å². The lowest BCUT2D eigenvalue weighted by Crippen LogP contribution is -2.57. The number of sulfonamides is 2. The SMILES string of the molecule is CCN1C(C(=O)N[C@@H](Cc2ccccc2)C(=O)C(=O)NCCCNS(=O)(=O)c2ccc([N+](=O)[O-])cc2)Cc2cc3c(cc2S1(=O)=O)OCCO3. The number of amides is 2.